The second-order valence-electron chi connectivity index (χ2n) is 8.33. The van der Waals surface area contributed by atoms with Crippen molar-refractivity contribution in [3.05, 3.63) is 47.3 Å². The van der Waals surface area contributed by atoms with Gasteiger partial charge in [0.05, 0.1) is 30.2 Å². The molecule has 31 heavy (non-hydrogen) atoms. The molecule has 7 nitrogen and oxygen atoms in total. The van der Waals surface area contributed by atoms with E-state index >= 15 is 0 Å². The number of H-pyrrole nitrogens is 1. The number of pyridine rings is 2. The van der Waals surface area contributed by atoms with Crippen LogP contribution < -0.4 is 4.74 Å². The summed E-state index contributed by atoms with van der Waals surface area (Å²) in [6, 6.07) is 9.75. The van der Waals surface area contributed by atoms with E-state index in [2.05, 4.69) is 30.1 Å². The molecule has 0 amide bonds. The molecule has 0 radical (unpaired) electrons. The minimum Gasteiger partial charge on any atom is -0.482 e. The third-order valence-corrected chi connectivity index (χ3v) is 5.63. The van der Waals surface area contributed by atoms with Crippen molar-refractivity contribution in [1.29, 1.82) is 0 Å². The zero-order chi connectivity index (χ0) is 21.7. The van der Waals surface area contributed by atoms with Gasteiger partial charge in [-0.15, -0.1) is 0 Å². The Morgan fingerprint density at radius 2 is 2.03 bits per heavy atom. The van der Waals surface area contributed by atoms with Crippen molar-refractivity contribution in [1.82, 2.24) is 19.4 Å². The molecule has 0 unspecified atom stereocenters. The largest absolute Gasteiger partial charge is 0.482 e. The third-order valence-electron chi connectivity index (χ3n) is 5.63. The van der Waals surface area contributed by atoms with Crippen LogP contribution in [0, 0.1) is 0 Å². The predicted octanol–water partition coefficient (Wildman–Crippen LogP) is 4.89. The van der Waals surface area contributed by atoms with Crippen LogP contribution in [0.5, 0.6) is 5.88 Å². The number of hydrogen-bond acceptors (Lipinski definition) is 5. The molecule has 4 aromatic heterocycles. The fraction of sp³-hybridized carbons (Fsp3) is 0.375. The summed E-state index contributed by atoms with van der Waals surface area (Å²) in [6.45, 7) is 5.76. The maximum Gasteiger partial charge on any atom is 0.338 e. The lowest BCUT2D eigenvalue weighted by Gasteiger charge is -2.12. The lowest BCUT2D eigenvalue weighted by atomic mass is 10.1. The Hall–Kier alpha value is -3.35. The molecule has 1 saturated carbocycles. The number of ether oxygens (including phenoxy) is 2. The highest BCUT2D eigenvalue weighted by atomic mass is 16.5. The third kappa shape index (κ3) is 3.44. The summed E-state index contributed by atoms with van der Waals surface area (Å²) in [5.41, 5.74) is 5.93. The van der Waals surface area contributed by atoms with Crippen LogP contribution in [0.3, 0.4) is 0 Å². The number of carbonyl (C=O) groups is 1. The summed E-state index contributed by atoms with van der Waals surface area (Å²) in [5.74, 6) is 0.615. The molecule has 5 rings (SSSR count). The molecule has 0 bridgehead atoms. The zero-order valence-electron chi connectivity index (χ0n) is 18.2. The number of nitrogens with zero attached hydrogens (tertiary/aromatic N) is 3. The van der Waals surface area contributed by atoms with Crippen LogP contribution in [0.15, 0.2) is 30.3 Å². The highest BCUT2D eigenvalue weighted by Crippen LogP contribution is 2.46. The van der Waals surface area contributed by atoms with Crippen LogP contribution in [0.4, 0.5) is 0 Å². The first kappa shape index (κ1) is 19.6. The summed E-state index contributed by atoms with van der Waals surface area (Å²) >= 11 is 0. The van der Waals surface area contributed by atoms with Crippen molar-refractivity contribution in [3.63, 3.8) is 0 Å². The van der Waals surface area contributed by atoms with Crippen LogP contribution >= 0.6 is 0 Å². The van der Waals surface area contributed by atoms with Crippen LogP contribution in [0.2, 0.25) is 0 Å². The Bertz CT molecular complexity index is 1300. The van der Waals surface area contributed by atoms with Gasteiger partial charge in [0.15, 0.2) is 5.88 Å². The Kier molecular flexibility index (Phi) is 4.68. The molecular formula is C24H26N4O3. The molecule has 0 spiro atoms. The van der Waals surface area contributed by atoms with Gasteiger partial charge >= 0.3 is 5.97 Å². The minimum atomic E-state index is -0.379. The van der Waals surface area contributed by atoms with E-state index in [-0.39, 0.29) is 12.1 Å². The van der Waals surface area contributed by atoms with Crippen molar-refractivity contribution in [2.45, 2.75) is 52.1 Å². The summed E-state index contributed by atoms with van der Waals surface area (Å²) in [7, 11) is 1.61. The molecule has 1 aliphatic carbocycles. The van der Waals surface area contributed by atoms with Gasteiger partial charge in [0.1, 0.15) is 17.0 Å². The second-order valence-corrected chi connectivity index (χ2v) is 8.33. The minimum absolute atomic E-state index is 0.195. The number of imidazole rings is 1. The number of rotatable bonds is 6. The van der Waals surface area contributed by atoms with E-state index in [0.717, 1.165) is 53.1 Å². The quantitative estimate of drug-likeness (QED) is 0.451. The van der Waals surface area contributed by atoms with Gasteiger partial charge in [-0.3, -0.25) is 4.40 Å². The van der Waals surface area contributed by atoms with Gasteiger partial charge < -0.3 is 14.5 Å². The van der Waals surface area contributed by atoms with Gasteiger partial charge in [0, 0.05) is 23.1 Å². The Morgan fingerprint density at radius 3 is 2.71 bits per heavy atom. The first-order valence-corrected chi connectivity index (χ1v) is 10.8. The fourth-order valence-corrected chi connectivity index (χ4v) is 4.01. The highest BCUT2D eigenvalue weighted by molar-refractivity contribution is 5.91. The Morgan fingerprint density at radius 1 is 1.23 bits per heavy atom. The van der Waals surface area contributed by atoms with Crippen LogP contribution in [-0.2, 0) is 11.2 Å². The normalized spacial score (nSPS) is 14.0. The molecule has 0 atom stereocenters. The SMILES string of the molecule is CCc1ccc2cc(-c3nc4cc(C(=O)OC(C)C)cc(OC)n4c3C3CC3)[nH]c2n1. The van der Waals surface area contributed by atoms with Crippen LogP contribution in [0.25, 0.3) is 28.1 Å². The number of nitrogens with one attached hydrogen (secondary N) is 1. The number of methoxy groups -OCH3 is 1. The van der Waals surface area contributed by atoms with E-state index in [9.17, 15) is 4.79 Å². The lowest BCUT2D eigenvalue weighted by molar-refractivity contribution is 0.0377. The van der Waals surface area contributed by atoms with Crippen molar-refractivity contribution in [2.24, 2.45) is 0 Å². The molecule has 4 heterocycles. The monoisotopic (exact) mass is 418 g/mol. The summed E-state index contributed by atoms with van der Waals surface area (Å²) in [6.07, 6.45) is 2.91. The number of aryl methyl sites for hydroxylation is 1. The molecule has 0 aromatic carbocycles. The first-order valence-electron chi connectivity index (χ1n) is 10.8. The van der Waals surface area contributed by atoms with Crippen molar-refractivity contribution in [3.8, 4) is 17.3 Å². The number of carbonyl (C=O) groups excluding carboxylic acids is 1. The molecule has 160 valence electrons. The molecular weight excluding hydrogens is 392 g/mol. The van der Waals surface area contributed by atoms with Crippen LogP contribution in [0.1, 0.15) is 61.3 Å². The van der Waals surface area contributed by atoms with Crippen LogP contribution in [-0.4, -0.2) is 38.5 Å². The molecule has 0 aliphatic heterocycles. The average Bonchev–Trinajstić information content (AvgIpc) is 3.38. The molecule has 1 N–H and O–H groups in total. The molecule has 1 aliphatic rings. The summed E-state index contributed by atoms with van der Waals surface area (Å²) < 4.78 is 13.1. The summed E-state index contributed by atoms with van der Waals surface area (Å²) in [4.78, 5) is 25.6. The Balaban J connectivity index is 1.69. The average molecular weight is 418 g/mol. The standard InChI is InChI=1S/C24H26N4O3/c1-5-17-9-8-15-10-18(26-23(15)25-17)21-22(14-6-7-14)28-19(27-21)11-16(12-20(28)30-4)24(29)31-13(2)3/h8-14H,5-7H2,1-4H3,(H,25,26). The predicted molar refractivity (Wildman–Crippen MR) is 119 cm³/mol. The van der Waals surface area contributed by atoms with Crippen molar-refractivity contribution < 1.29 is 14.3 Å². The smallest absolute Gasteiger partial charge is 0.338 e. The van der Waals surface area contributed by atoms with E-state index in [1.165, 1.54) is 0 Å². The number of fused-ring (bicyclic) bond motifs is 2. The van der Waals surface area contributed by atoms with E-state index in [0.29, 0.717) is 23.0 Å². The van der Waals surface area contributed by atoms with Gasteiger partial charge in [-0.1, -0.05) is 6.92 Å². The van der Waals surface area contributed by atoms with Gasteiger partial charge in [-0.05, 0) is 57.4 Å². The Labute approximate surface area is 180 Å². The molecule has 7 heteroatoms. The molecule has 0 saturated heterocycles. The van der Waals surface area contributed by atoms with Gasteiger partial charge in [0.2, 0.25) is 0 Å². The van der Waals surface area contributed by atoms with Gasteiger partial charge in [-0.25, -0.2) is 14.8 Å². The maximum atomic E-state index is 12.5. The van der Waals surface area contributed by atoms with Crippen molar-refractivity contribution in [2.75, 3.05) is 7.11 Å². The lowest BCUT2D eigenvalue weighted by Crippen LogP contribution is -2.12. The first-order chi connectivity index (χ1) is 15.0. The maximum absolute atomic E-state index is 12.5. The molecule has 1 fully saturated rings. The van der Waals surface area contributed by atoms with E-state index in [1.807, 2.05) is 18.2 Å². The van der Waals surface area contributed by atoms with Crippen molar-refractivity contribution >= 4 is 22.6 Å². The second kappa shape index (κ2) is 7.41. The number of hydrogen-bond donors (Lipinski definition) is 1. The number of aromatic nitrogens is 4. The van der Waals surface area contributed by atoms with E-state index in [1.54, 1.807) is 19.2 Å². The summed E-state index contributed by atoms with van der Waals surface area (Å²) in [5, 5.41) is 1.05. The zero-order valence-corrected chi connectivity index (χ0v) is 18.2. The van der Waals surface area contributed by atoms with Gasteiger partial charge in [0.25, 0.3) is 0 Å². The number of esters is 1. The van der Waals surface area contributed by atoms with Gasteiger partial charge in [-0.2, -0.15) is 0 Å². The topological polar surface area (TPSA) is 81.5 Å². The molecule has 4 aromatic rings. The van der Waals surface area contributed by atoms with E-state index in [4.69, 9.17) is 19.4 Å². The highest BCUT2D eigenvalue weighted by Gasteiger charge is 2.33. The van der Waals surface area contributed by atoms with E-state index < -0.39 is 0 Å². The number of aromatic amines is 1. The fourth-order valence-electron chi connectivity index (χ4n) is 4.01.